The van der Waals surface area contributed by atoms with Crippen LogP contribution in [0.25, 0.3) is 0 Å². The monoisotopic (exact) mass is 303 g/mol. The van der Waals surface area contributed by atoms with Gasteiger partial charge >= 0.3 is 0 Å². The third-order valence-corrected chi connectivity index (χ3v) is 3.05. The number of aliphatic imine (C=N–C) groups is 1. The molecule has 0 aliphatic carbocycles. The average molecular weight is 305 g/mol. The van der Waals surface area contributed by atoms with Gasteiger partial charge in [0, 0.05) is 16.7 Å². The zero-order valence-electron chi connectivity index (χ0n) is 9.30. The van der Waals surface area contributed by atoms with Gasteiger partial charge in [-0.05, 0) is 40.0 Å². The van der Waals surface area contributed by atoms with Crippen molar-refractivity contribution in [2.24, 2.45) is 16.6 Å². The molecule has 0 aliphatic rings. The lowest BCUT2D eigenvalue weighted by Gasteiger charge is -2.07. The fourth-order valence-corrected chi connectivity index (χ4v) is 1.47. The molecule has 0 aromatic heterocycles. The van der Waals surface area contributed by atoms with Crippen molar-refractivity contribution >= 4 is 39.2 Å². The molecule has 5 heteroatoms. The van der Waals surface area contributed by atoms with Crippen LogP contribution in [0.1, 0.15) is 13.8 Å². The van der Waals surface area contributed by atoms with Gasteiger partial charge in [-0.2, -0.15) is 0 Å². The predicted molar refractivity (Wildman–Crippen MR) is 74.1 cm³/mol. The van der Waals surface area contributed by atoms with Gasteiger partial charge in [0.1, 0.15) is 0 Å². The molecule has 1 aromatic rings. The lowest BCUT2D eigenvalue weighted by Crippen LogP contribution is -2.23. The number of rotatable bonds is 3. The number of hydrogen-bond donors (Lipinski definition) is 2. The van der Waals surface area contributed by atoms with Crippen LogP contribution in [0.15, 0.2) is 27.7 Å². The maximum absolute atomic E-state index is 5.96. The Morgan fingerprint density at radius 1 is 1.56 bits per heavy atom. The van der Waals surface area contributed by atoms with Gasteiger partial charge in [0.2, 0.25) is 0 Å². The molecule has 88 valence electrons. The molecule has 0 saturated heterocycles. The summed E-state index contributed by atoms with van der Waals surface area (Å²) in [5.41, 5.74) is 6.56. The van der Waals surface area contributed by atoms with E-state index < -0.39 is 0 Å². The summed E-state index contributed by atoms with van der Waals surface area (Å²) in [5.74, 6) is 0.904. The van der Waals surface area contributed by atoms with E-state index in [9.17, 15) is 0 Å². The van der Waals surface area contributed by atoms with Gasteiger partial charge in [-0.15, -0.1) is 0 Å². The van der Waals surface area contributed by atoms with E-state index in [2.05, 4.69) is 40.1 Å². The highest BCUT2D eigenvalue weighted by atomic mass is 79.9. The Morgan fingerprint density at radius 3 is 2.81 bits per heavy atom. The van der Waals surface area contributed by atoms with Crippen molar-refractivity contribution < 1.29 is 0 Å². The fourth-order valence-electron chi connectivity index (χ4n) is 1.04. The molecule has 3 N–H and O–H groups in total. The largest absolute Gasteiger partial charge is 0.370 e. The second-order valence-corrected chi connectivity index (χ2v) is 5.14. The van der Waals surface area contributed by atoms with Crippen LogP contribution in [0.2, 0.25) is 5.02 Å². The Labute approximate surface area is 109 Å². The number of nitrogens with one attached hydrogen (secondary N) is 1. The molecule has 3 nitrogen and oxygen atoms in total. The zero-order valence-corrected chi connectivity index (χ0v) is 11.6. The van der Waals surface area contributed by atoms with E-state index >= 15 is 0 Å². The number of benzene rings is 1. The summed E-state index contributed by atoms with van der Waals surface area (Å²) in [4.78, 5) is 4.20. The first-order valence-electron chi connectivity index (χ1n) is 5.01. The van der Waals surface area contributed by atoms with Gasteiger partial charge in [0.25, 0.3) is 0 Å². The highest BCUT2D eigenvalue weighted by Crippen LogP contribution is 2.25. The fraction of sp³-hybridized carbons (Fsp3) is 0.364. The van der Waals surface area contributed by atoms with Crippen molar-refractivity contribution in [1.29, 1.82) is 0 Å². The first-order valence-corrected chi connectivity index (χ1v) is 6.18. The number of nitrogens with zero attached hydrogens (tertiary/aromatic N) is 1. The van der Waals surface area contributed by atoms with Gasteiger partial charge in [0.15, 0.2) is 5.96 Å². The van der Waals surface area contributed by atoms with E-state index in [-0.39, 0.29) is 0 Å². The maximum atomic E-state index is 5.96. The molecular formula is C11H15BrClN3. The second kappa shape index (κ2) is 6.11. The standard InChI is InChI=1S/C11H15BrClN3/c1-7(2)6-15-11(14)16-8-3-4-9(12)10(13)5-8/h3-5,7H,6H2,1-2H3,(H3,14,15,16). The third kappa shape index (κ3) is 4.41. The van der Waals surface area contributed by atoms with Crippen LogP contribution in [0.5, 0.6) is 0 Å². The molecule has 0 heterocycles. The minimum atomic E-state index is 0.409. The summed E-state index contributed by atoms with van der Waals surface area (Å²) in [6.07, 6.45) is 0. The number of halogens is 2. The smallest absolute Gasteiger partial charge is 0.193 e. The minimum Gasteiger partial charge on any atom is -0.370 e. The number of guanidine groups is 1. The van der Waals surface area contributed by atoms with Crippen LogP contribution in [0.4, 0.5) is 5.69 Å². The highest BCUT2D eigenvalue weighted by molar-refractivity contribution is 9.10. The summed E-state index contributed by atoms with van der Waals surface area (Å²) in [6, 6.07) is 5.54. The SMILES string of the molecule is CC(C)CN=C(N)Nc1ccc(Br)c(Cl)c1. The quantitative estimate of drug-likeness (QED) is 0.663. The van der Waals surface area contributed by atoms with E-state index in [0.29, 0.717) is 23.4 Å². The molecule has 0 fully saturated rings. The Kier molecular flexibility index (Phi) is 5.09. The van der Waals surface area contributed by atoms with Crippen molar-refractivity contribution in [2.45, 2.75) is 13.8 Å². The molecule has 0 aliphatic heterocycles. The molecular weight excluding hydrogens is 289 g/mol. The summed E-state index contributed by atoms with van der Waals surface area (Å²) < 4.78 is 0.859. The second-order valence-electron chi connectivity index (χ2n) is 3.87. The van der Waals surface area contributed by atoms with E-state index in [1.54, 1.807) is 6.07 Å². The van der Waals surface area contributed by atoms with Gasteiger partial charge in [-0.1, -0.05) is 25.4 Å². The summed E-state index contributed by atoms with van der Waals surface area (Å²) >= 11 is 9.28. The van der Waals surface area contributed by atoms with Crippen LogP contribution >= 0.6 is 27.5 Å². The van der Waals surface area contributed by atoms with E-state index in [4.69, 9.17) is 17.3 Å². The van der Waals surface area contributed by atoms with Crippen molar-refractivity contribution in [3.8, 4) is 0 Å². The van der Waals surface area contributed by atoms with Crippen LogP contribution < -0.4 is 11.1 Å². The third-order valence-electron chi connectivity index (χ3n) is 1.82. The van der Waals surface area contributed by atoms with Crippen molar-refractivity contribution in [3.63, 3.8) is 0 Å². The predicted octanol–water partition coefficient (Wildman–Crippen LogP) is 3.49. The Bertz CT molecular complexity index is 391. The Hall–Kier alpha value is -0.740. The van der Waals surface area contributed by atoms with Gasteiger partial charge in [-0.3, -0.25) is 4.99 Å². The molecule has 0 radical (unpaired) electrons. The molecule has 0 unspecified atom stereocenters. The zero-order chi connectivity index (χ0) is 12.1. The van der Waals surface area contributed by atoms with Crippen molar-refractivity contribution in [2.75, 3.05) is 11.9 Å². The molecule has 0 spiro atoms. The van der Waals surface area contributed by atoms with Crippen LogP contribution in [0, 0.1) is 5.92 Å². The topological polar surface area (TPSA) is 50.4 Å². The molecule has 16 heavy (non-hydrogen) atoms. The first kappa shape index (κ1) is 13.3. The Morgan fingerprint density at radius 2 is 2.25 bits per heavy atom. The lowest BCUT2D eigenvalue weighted by atomic mass is 10.2. The molecule has 0 amide bonds. The first-order chi connectivity index (χ1) is 7.49. The summed E-state index contributed by atoms with van der Waals surface area (Å²) in [5, 5.41) is 3.63. The molecule has 0 bridgehead atoms. The van der Waals surface area contributed by atoms with Crippen molar-refractivity contribution in [3.05, 3.63) is 27.7 Å². The van der Waals surface area contributed by atoms with Gasteiger partial charge in [-0.25, -0.2) is 0 Å². The van der Waals surface area contributed by atoms with Gasteiger partial charge < -0.3 is 11.1 Å². The summed E-state index contributed by atoms with van der Waals surface area (Å²) in [6.45, 7) is 4.89. The molecule has 1 rings (SSSR count). The van der Waals surface area contributed by atoms with E-state index in [1.165, 1.54) is 0 Å². The molecule has 0 saturated carbocycles. The van der Waals surface area contributed by atoms with Gasteiger partial charge in [0.05, 0.1) is 5.02 Å². The molecule has 1 aromatic carbocycles. The summed E-state index contributed by atoms with van der Waals surface area (Å²) in [7, 11) is 0. The lowest BCUT2D eigenvalue weighted by molar-refractivity contribution is 0.665. The highest BCUT2D eigenvalue weighted by Gasteiger charge is 2.00. The minimum absolute atomic E-state index is 0.409. The van der Waals surface area contributed by atoms with Crippen LogP contribution in [-0.4, -0.2) is 12.5 Å². The maximum Gasteiger partial charge on any atom is 0.193 e. The normalized spacial score (nSPS) is 11.9. The van der Waals surface area contributed by atoms with E-state index in [1.807, 2.05) is 12.1 Å². The molecule has 0 atom stereocenters. The number of nitrogens with two attached hydrogens (primary N) is 1. The van der Waals surface area contributed by atoms with E-state index in [0.717, 1.165) is 10.2 Å². The Balaban J connectivity index is 2.66. The van der Waals surface area contributed by atoms with Crippen molar-refractivity contribution in [1.82, 2.24) is 0 Å². The average Bonchev–Trinajstić information content (AvgIpc) is 2.21. The number of anilines is 1. The number of hydrogen-bond acceptors (Lipinski definition) is 1. The van der Waals surface area contributed by atoms with Crippen LogP contribution in [-0.2, 0) is 0 Å². The van der Waals surface area contributed by atoms with Crippen LogP contribution in [0.3, 0.4) is 0 Å².